The molecule has 0 fully saturated rings. The molecular formula is C17H20ClNO2. The number of methoxy groups -OCH3 is 1. The zero-order chi connectivity index (χ0) is 15.2. The molecule has 2 aromatic rings. The van der Waals surface area contributed by atoms with Crippen LogP contribution in [-0.4, -0.2) is 13.2 Å². The lowest BCUT2D eigenvalue weighted by Crippen LogP contribution is -2.06. The lowest BCUT2D eigenvalue weighted by Gasteiger charge is -2.13. The Labute approximate surface area is 130 Å². The smallest absolute Gasteiger partial charge is 0.121 e. The molecule has 0 heterocycles. The number of hydrogen-bond donors (Lipinski definition) is 1. The molecule has 3 nitrogen and oxygen atoms in total. The topological polar surface area (TPSA) is 30.5 Å². The molecule has 0 aliphatic rings. The predicted molar refractivity (Wildman–Crippen MR) is 87.5 cm³/mol. The van der Waals surface area contributed by atoms with Crippen LogP contribution >= 0.6 is 11.6 Å². The normalized spacial score (nSPS) is 10.5. The van der Waals surface area contributed by atoms with Crippen LogP contribution in [0.4, 0.5) is 5.69 Å². The van der Waals surface area contributed by atoms with Gasteiger partial charge in [-0.05, 0) is 43.7 Å². The number of ether oxygens (including phenoxy) is 2. The van der Waals surface area contributed by atoms with Gasteiger partial charge in [0.25, 0.3) is 0 Å². The second-order valence-electron chi connectivity index (χ2n) is 5.01. The van der Waals surface area contributed by atoms with E-state index in [1.54, 1.807) is 7.11 Å². The summed E-state index contributed by atoms with van der Waals surface area (Å²) in [7, 11) is 1.64. The summed E-state index contributed by atoms with van der Waals surface area (Å²) in [4.78, 5) is 0. The highest BCUT2D eigenvalue weighted by Crippen LogP contribution is 2.27. The van der Waals surface area contributed by atoms with E-state index < -0.39 is 0 Å². The fraction of sp³-hybridized carbons (Fsp3) is 0.294. The van der Waals surface area contributed by atoms with E-state index in [0.717, 1.165) is 22.7 Å². The number of benzene rings is 2. The minimum atomic E-state index is 0.168. The van der Waals surface area contributed by atoms with Gasteiger partial charge < -0.3 is 14.8 Å². The largest absolute Gasteiger partial charge is 0.497 e. The summed E-state index contributed by atoms with van der Waals surface area (Å²) in [6.07, 6.45) is 0.168. The van der Waals surface area contributed by atoms with Gasteiger partial charge in [0.05, 0.1) is 23.9 Å². The average Bonchev–Trinajstić information content (AvgIpc) is 2.46. The number of anilines is 1. The van der Waals surface area contributed by atoms with E-state index in [2.05, 4.69) is 5.32 Å². The van der Waals surface area contributed by atoms with Crippen LogP contribution in [0.15, 0.2) is 42.5 Å². The van der Waals surface area contributed by atoms with E-state index in [1.165, 1.54) is 0 Å². The Kier molecular flexibility index (Phi) is 5.34. The summed E-state index contributed by atoms with van der Waals surface area (Å²) in [5.74, 6) is 1.65. The van der Waals surface area contributed by atoms with E-state index in [-0.39, 0.29) is 6.10 Å². The Bertz CT molecular complexity index is 599. The summed E-state index contributed by atoms with van der Waals surface area (Å²) in [6, 6.07) is 13.6. The second-order valence-corrected chi connectivity index (χ2v) is 5.42. The maximum absolute atomic E-state index is 6.18. The first-order valence-corrected chi connectivity index (χ1v) is 7.29. The average molecular weight is 306 g/mol. The van der Waals surface area contributed by atoms with Gasteiger partial charge >= 0.3 is 0 Å². The van der Waals surface area contributed by atoms with Crippen LogP contribution < -0.4 is 14.8 Å². The highest BCUT2D eigenvalue weighted by Gasteiger charge is 2.04. The van der Waals surface area contributed by atoms with Crippen LogP contribution in [0.3, 0.4) is 0 Å². The molecule has 0 saturated carbocycles. The molecule has 112 valence electrons. The third-order valence-corrected chi connectivity index (χ3v) is 3.26. The Morgan fingerprint density at radius 3 is 2.62 bits per heavy atom. The highest BCUT2D eigenvalue weighted by atomic mass is 35.5. The minimum Gasteiger partial charge on any atom is -0.497 e. The van der Waals surface area contributed by atoms with Crippen LogP contribution in [0.5, 0.6) is 11.5 Å². The molecule has 0 aliphatic heterocycles. The predicted octanol–water partition coefficient (Wildman–Crippen LogP) is 4.75. The van der Waals surface area contributed by atoms with E-state index in [4.69, 9.17) is 21.1 Å². The molecule has 0 unspecified atom stereocenters. The van der Waals surface area contributed by atoms with Crippen molar-refractivity contribution in [3.05, 3.63) is 53.1 Å². The molecule has 0 radical (unpaired) electrons. The van der Waals surface area contributed by atoms with Crippen molar-refractivity contribution in [3.8, 4) is 11.5 Å². The van der Waals surface area contributed by atoms with Crippen molar-refractivity contribution in [1.82, 2.24) is 0 Å². The van der Waals surface area contributed by atoms with Gasteiger partial charge in [-0.15, -0.1) is 0 Å². The van der Waals surface area contributed by atoms with Gasteiger partial charge in [0.15, 0.2) is 0 Å². The lowest BCUT2D eigenvalue weighted by molar-refractivity contribution is 0.242. The Balaban J connectivity index is 2.06. The SMILES string of the molecule is COc1ccc(Cl)c(NCc2cccc(OC(C)C)c2)c1. The van der Waals surface area contributed by atoms with Crippen LogP contribution in [0.2, 0.25) is 5.02 Å². The quantitative estimate of drug-likeness (QED) is 0.835. The minimum absolute atomic E-state index is 0.168. The Morgan fingerprint density at radius 2 is 1.90 bits per heavy atom. The van der Waals surface area contributed by atoms with Gasteiger partial charge in [0, 0.05) is 12.6 Å². The molecule has 0 atom stereocenters. The number of rotatable bonds is 6. The Hall–Kier alpha value is -1.87. The van der Waals surface area contributed by atoms with E-state index in [1.807, 2.05) is 56.3 Å². The van der Waals surface area contributed by atoms with E-state index in [9.17, 15) is 0 Å². The van der Waals surface area contributed by atoms with Crippen LogP contribution in [-0.2, 0) is 6.54 Å². The van der Waals surface area contributed by atoms with Gasteiger partial charge in [0.1, 0.15) is 11.5 Å². The van der Waals surface area contributed by atoms with Gasteiger partial charge in [-0.25, -0.2) is 0 Å². The maximum atomic E-state index is 6.18. The van der Waals surface area contributed by atoms with Crippen molar-refractivity contribution in [2.75, 3.05) is 12.4 Å². The zero-order valence-corrected chi connectivity index (χ0v) is 13.3. The molecule has 21 heavy (non-hydrogen) atoms. The van der Waals surface area contributed by atoms with E-state index in [0.29, 0.717) is 11.6 Å². The molecule has 1 N–H and O–H groups in total. The second kappa shape index (κ2) is 7.23. The van der Waals surface area contributed by atoms with Gasteiger partial charge in [-0.3, -0.25) is 0 Å². The monoisotopic (exact) mass is 305 g/mol. The first kappa shape index (κ1) is 15.5. The number of hydrogen-bond acceptors (Lipinski definition) is 3. The molecule has 0 amide bonds. The number of halogens is 1. The van der Waals surface area contributed by atoms with Gasteiger partial charge in [0.2, 0.25) is 0 Å². The lowest BCUT2D eigenvalue weighted by atomic mass is 10.2. The molecule has 0 spiro atoms. The van der Waals surface area contributed by atoms with Crippen molar-refractivity contribution < 1.29 is 9.47 Å². The fourth-order valence-corrected chi connectivity index (χ4v) is 2.15. The van der Waals surface area contributed by atoms with Crippen LogP contribution in [0.1, 0.15) is 19.4 Å². The van der Waals surface area contributed by atoms with Gasteiger partial charge in [-0.2, -0.15) is 0 Å². The van der Waals surface area contributed by atoms with Crippen LogP contribution in [0, 0.1) is 0 Å². The molecule has 2 aromatic carbocycles. The highest BCUT2D eigenvalue weighted by molar-refractivity contribution is 6.33. The molecule has 2 rings (SSSR count). The third kappa shape index (κ3) is 4.57. The molecule has 0 aliphatic carbocycles. The fourth-order valence-electron chi connectivity index (χ4n) is 1.97. The molecular weight excluding hydrogens is 286 g/mol. The summed E-state index contributed by atoms with van der Waals surface area (Å²) in [5.41, 5.74) is 1.98. The molecule has 0 aromatic heterocycles. The van der Waals surface area contributed by atoms with Crippen molar-refractivity contribution >= 4 is 17.3 Å². The molecule has 4 heteroatoms. The van der Waals surface area contributed by atoms with Crippen LogP contribution in [0.25, 0.3) is 0 Å². The summed E-state index contributed by atoms with van der Waals surface area (Å²) in [5, 5.41) is 3.99. The van der Waals surface area contributed by atoms with E-state index >= 15 is 0 Å². The first-order chi connectivity index (χ1) is 10.1. The summed E-state index contributed by atoms with van der Waals surface area (Å²) >= 11 is 6.18. The molecule has 0 bridgehead atoms. The van der Waals surface area contributed by atoms with Crippen molar-refractivity contribution in [2.24, 2.45) is 0 Å². The first-order valence-electron chi connectivity index (χ1n) is 6.91. The Morgan fingerprint density at radius 1 is 1.10 bits per heavy atom. The number of nitrogens with one attached hydrogen (secondary N) is 1. The standard InChI is InChI=1S/C17H20ClNO2/c1-12(2)21-15-6-4-5-13(9-15)11-19-17-10-14(20-3)7-8-16(17)18/h4-10,12,19H,11H2,1-3H3. The summed E-state index contributed by atoms with van der Waals surface area (Å²) in [6.45, 7) is 4.70. The van der Waals surface area contributed by atoms with Crippen molar-refractivity contribution in [3.63, 3.8) is 0 Å². The summed E-state index contributed by atoms with van der Waals surface area (Å²) < 4.78 is 10.9. The molecule has 0 saturated heterocycles. The van der Waals surface area contributed by atoms with Crippen molar-refractivity contribution in [2.45, 2.75) is 26.5 Å². The van der Waals surface area contributed by atoms with Crippen molar-refractivity contribution in [1.29, 1.82) is 0 Å². The van der Waals surface area contributed by atoms with Gasteiger partial charge in [-0.1, -0.05) is 23.7 Å². The maximum Gasteiger partial charge on any atom is 0.121 e. The zero-order valence-electron chi connectivity index (χ0n) is 12.5. The third-order valence-electron chi connectivity index (χ3n) is 2.93.